The molecular weight excluding hydrogens is 248 g/mol. The third-order valence-electron chi connectivity index (χ3n) is 4.15. The molecule has 2 aliphatic carbocycles. The lowest BCUT2D eigenvalue weighted by Crippen LogP contribution is -2.45. The van der Waals surface area contributed by atoms with Gasteiger partial charge in [0.15, 0.2) is 0 Å². The molecule has 0 aromatic heterocycles. The molecule has 1 unspecified atom stereocenters. The van der Waals surface area contributed by atoms with Gasteiger partial charge in [-0.1, -0.05) is 6.92 Å². The maximum absolute atomic E-state index is 12.2. The third kappa shape index (κ3) is 4.21. The van der Waals surface area contributed by atoms with Gasteiger partial charge in [0.1, 0.15) is 0 Å². The van der Waals surface area contributed by atoms with E-state index in [0.29, 0.717) is 12.6 Å². The normalized spacial score (nSPS) is 31.2. The van der Waals surface area contributed by atoms with E-state index in [9.17, 15) is 8.42 Å². The third-order valence-corrected chi connectivity index (χ3v) is 6.04. The molecule has 2 rings (SSSR count). The molecule has 2 N–H and O–H groups in total. The van der Waals surface area contributed by atoms with E-state index in [0.717, 1.165) is 31.6 Å². The Morgan fingerprint density at radius 3 is 2.17 bits per heavy atom. The van der Waals surface area contributed by atoms with E-state index in [2.05, 4.69) is 17.0 Å². The van der Waals surface area contributed by atoms with Crippen LogP contribution in [0.25, 0.3) is 0 Å². The predicted molar refractivity (Wildman–Crippen MR) is 74.0 cm³/mol. The van der Waals surface area contributed by atoms with Crippen LogP contribution in [-0.4, -0.2) is 32.3 Å². The summed E-state index contributed by atoms with van der Waals surface area (Å²) >= 11 is 0. The molecule has 2 saturated carbocycles. The highest BCUT2D eigenvalue weighted by atomic mass is 32.2. The lowest BCUT2D eigenvalue weighted by Gasteiger charge is -2.28. The van der Waals surface area contributed by atoms with Gasteiger partial charge in [-0.05, 0) is 51.4 Å². The molecule has 2 fully saturated rings. The van der Waals surface area contributed by atoms with E-state index >= 15 is 0 Å². The maximum Gasteiger partial charge on any atom is 0.215 e. The van der Waals surface area contributed by atoms with Crippen molar-refractivity contribution in [1.82, 2.24) is 10.0 Å². The zero-order valence-electron chi connectivity index (χ0n) is 11.5. The quantitative estimate of drug-likeness (QED) is 0.774. The Bertz CT molecular complexity index is 357. The second-order valence-electron chi connectivity index (χ2n) is 6.11. The van der Waals surface area contributed by atoms with Crippen LogP contribution in [0.15, 0.2) is 0 Å². The molecule has 0 saturated heterocycles. The Hall–Kier alpha value is -0.130. The van der Waals surface area contributed by atoms with Gasteiger partial charge in [-0.25, -0.2) is 13.1 Å². The minimum atomic E-state index is -3.16. The molecule has 4 nitrogen and oxygen atoms in total. The molecule has 2 aliphatic rings. The molecule has 18 heavy (non-hydrogen) atoms. The number of nitrogens with one attached hydrogen (secondary N) is 2. The summed E-state index contributed by atoms with van der Waals surface area (Å²) in [5, 5.41) is 2.95. The molecule has 0 bridgehead atoms. The average molecular weight is 274 g/mol. The molecule has 0 radical (unpaired) electrons. The Kier molecular flexibility index (Phi) is 4.67. The van der Waals surface area contributed by atoms with Gasteiger partial charge in [0.05, 0.1) is 5.25 Å². The van der Waals surface area contributed by atoms with Crippen molar-refractivity contribution in [2.24, 2.45) is 5.92 Å². The zero-order chi connectivity index (χ0) is 13.2. The first kappa shape index (κ1) is 14.3. The van der Waals surface area contributed by atoms with Crippen molar-refractivity contribution in [1.29, 1.82) is 0 Å². The van der Waals surface area contributed by atoms with Crippen LogP contribution in [0.1, 0.15) is 52.4 Å². The van der Waals surface area contributed by atoms with Crippen molar-refractivity contribution in [3.8, 4) is 0 Å². The van der Waals surface area contributed by atoms with Crippen molar-refractivity contribution in [2.45, 2.75) is 69.7 Å². The standard InChI is InChI=1S/C13H26N2O2S/c1-10-3-5-13(6-4-10)15-18(16,17)11(2)9-14-12-7-8-12/h10-15H,3-9H2,1-2H3. The van der Waals surface area contributed by atoms with Gasteiger partial charge in [0.25, 0.3) is 0 Å². The van der Waals surface area contributed by atoms with Gasteiger partial charge in [0.2, 0.25) is 10.0 Å². The molecule has 5 heteroatoms. The highest BCUT2D eigenvalue weighted by molar-refractivity contribution is 7.90. The monoisotopic (exact) mass is 274 g/mol. The first-order valence-corrected chi connectivity index (χ1v) is 8.76. The van der Waals surface area contributed by atoms with Crippen LogP contribution < -0.4 is 10.0 Å². The van der Waals surface area contributed by atoms with E-state index in [1.807, 2.05) is 0 Å². The molecule has 0 amide bonds. The predicted octanol–water partition coefficient (Wildman–Crippen LogP) is 1.62. The first-order valence-electron chi connectivity index (χ1n) is 7.22. The second kappa shape index (κ2) is 5.88. The summed E-state index contributed by atoms with van der Waals surface area (Å²) in [6.45, 7) is 4.61. The lowest BCUT2D eigenvalue weighted by molar-refractivity contribution is 0.331. The van der Waals surface area contributed by atoms with Crippen LogP contribution in [0.2, 0.25) is 0 Å². The molecule has 0 aliphatic heterocycles. The summed E-state index contributed by atoms with van der Waals surface area (Å²) in [7, 11) is -3.16. The summed E-state index contributed by atoms with van der Waals surface area (Å²) < 4.78 is 27.2. The fourth-order valence-electron chi connectivity index (χ4n) is 2.46. The summed E-state index contributed by atoms with van der Waals surface area (Å²) in [5.41, 5.74) is 0. The zero-order valence-corrected chi connectivity index (χ0v) is 12.3. The maximum atomic E-state index is 12.2. The summed E-state index contributed by atoms with van der Waals surface area (Å²) in [6.07, 6.45) is 6.65. The van der Waals surface area contributed by atoms with Gasteiger partial charge in [-0.2, -0.15) is 0 Å². The van der Waals surface area contributed by atoms with Crippen LogP contribution in [-0.2, 0) is 10.0 Å². The first-order chi connectivity index (χ1) is 8.47. The molecular formula is C13H26N2O2S. The largest absolute Gasteiger partial charge is 0.313 e. The van der Waals surface area contributed by atoms with Crippen molar-refractivity contribution in [3.05, 3.63) is 0 Å². The molecule has 0 heterocycles. The van der Waals surface area contributed by atoms with Gasteiger partial charge in [-0.3, -0.25) is 0 Å². The Morgan fingerprint density at radius 1 is 1.06 bits per heavy atom. The molecule has 0 spiro atoms. The summed E-state index contributed by atoms with van der Waals surface area (Å²) in [6, 6.07) is 0.729. The van der Waals surface area contributed by atoms with E-state index in [1.165, 1.54) is 12.8 Å². The van der Waals surface area contributed by atoms with E-state index in [1.54, 1.807) is 6.92 Å². The van der Waals surface area contributed by atoms with Crippen molar-refractivity contribution in [2.75, 3.05) is 6.54 Å². The minimum absolute atomic E-state index is 0.162. The number of hydrogen-bond acceptors (Lipinski definition) is 3. The topological polar surface area (TPSA) is 58.2 Å². The summed E-state index contributed by atoms with van der Waals surface area (Å²) in [4.78, 5) is 0. The van der Waals surface area contributed by atoms with Crippen LogP contribution in [0.5, 0.6) is 0 Å². The number of rotatable bonds is 6. The highest BCUT2D eigenvalue weighted by Crippen LogP contribution is 2.24. The molecule has 0 aromatic carbocycles. The minimum Gasteiger partial charge on any atom is -0.313 e. The van der Waals surface area contributed by atoms with Gasteiger partial charge < -0.3 is 5.32 Å². The molecule has 1 atom stereocenters. The van der Waals surface area contributed by atoms with Crippen LogP contribution in [0, 0.1) is 5.92 Å². The highest BCUT2D eigenvalue weighted by Gasteiger charge is 2.28. The van der Waals surface area contributed by atoms with Gasteiger partial charge in [-0.15, -0.1) is 0 Å². The fraction of sp³-hybridized carbons (Fsp3) is 1.00. The van der Waals surface area contributed by atoms with E-state index in [-0.39, 0.29) is 11.3 Å². The number of hydrogen-bond donors (Lipinski definition) is 2. The molecule has 106 valence electrons. The van der Waals surface area contributed by atoms with Crippen LogP contribution in [0.3, 0.4) is 0 Å². The lowest BCUT2D eigenvalue weighted by atomic mass is 9.88. The molecule has 0 aromatic rings. The van der Waals surface area contributed by atoms with Crippen molar-refractivity contribution < 1.29 is 8.42 Å². The SMILES string of the molecule is CC1CCC(NS(=O)(=O)C(C)CNC2CC2)CC1. The van der Waals surface area contributed by atoms with Gasteiger partial charge >= 0.3 is 0 Å². The van der Waals surface area contributed by atoms with Crippen LogP contribution in [0.4, 0.5) is 0 Å². The van der Waals surface area contributed by atoms with E-state index in [4.69, 9.17) is 0 Å². The van der Waals surface area contributed by atoms with Crippen molar-refractivity contribution in [3.63, 3.8) is 0 Å². The summed E-state index contributed by atoms with van der Waals surface area (Å²) in [5.74, 6) is 0.750. The average Bonchev–Trinajstić information content (AvgIpc) is 3.12. The Balaban J connectivity index is 1.77. The van der Waals surface area contributed by atoms with E-state index < -0.39 is 10.0 Å². The fourth-order valence-corrected chi connectivity index (χ4v) is 3.70. The second-order valence-corrected chi connectivity index (χ2v) is 8.24. The number of sulfonamides is 1. The Morgan fingerprint density at radius 2 is 1.61 bits per heavy atom. The Labute approximate surface area is 111 Å². The van der Waals surface area contributed by atoms with Crippen molar-refractivity contribution >= 4 is 10.0 Å². The van der Waals surface area contributed by atoms with Gasteiger partial charge in [0, 0.05) is 18.6 Å². The smallest absolute Gasteiger partial charge is 0.215 e. The van der Waals surface area contributed by atoms with Crippen LogP contribution >= 0.6 is 0 Å².